The quantitative estimate of drug-likeness (QED) is 0.150. The molecule has 0 N–H and O–H groups in total. The first kappa shape index (κ1) is 35.2. The van der Waals surface area contributed by atoms with Crippen LogP contribution in [0.25, 0.3) is 33.0 Å². The van der Waals surface area contributed by atoms with Crippen molar-refractivity contribution in [2.24, 2.45) is 0 Å². The molecule has 1 nitrogen and oxygen atoms in total. The standard InChI is InChI=1S/C56H49N/c1-39(2)48-29-14-15-30-49(48)52-36-42-21-12-13-22-43(42)37-55(52)57(46-28-18-23-41(35-46)40-19-6-3-7-20-40)47-33-34-51-50-31-16-17-32-53(50)56(54(51)38-47,44-24-8-4-9-25-44)45-26-10-5-11-27-45/h4-5,8-18,21-40H,3,6-7,19-20H2,1-2H3. The van der Waals surface area contributed by atoms with Crippen molar-refractivity contribution in [2.75, 3.05) is 4.90 Å². The summed E-state index contributed by atoms with van der Waals surface area (Å²) in [6.07, 6.45) is 6.50. The lowest BCUT2D eigenvalue weighted by atomic mass is 9.67. The molecule has 2 aliphatic carbocycles. The van der Waals surface area contributed by atoms with Crippen molar-refractivity contribution < 1.29 is 0 Å². The number of hydrogen-bond donors (Lipinski definition) is 0. The average molecular weight is 736 g/mol. The highest BCUT2D eigenvalue weighted by atomic mass is 15.1. The van der Waals surface area contributed by atoms with Crippen LogP contribution in [-0.4, -0.2) is 0 Å². The predicted molar refractivity (Wildman–Crippen MR) is 241 cm³/mol. The molecule has 2 aliphatic rings. The summed E-state index contributed by atoms with van der Waals surface area (Å²) in [7, 11) is 0. The minimum atomic E-state index is -0.490. The second-order valence-corrected chi connectivity index (χ2v) is 16.5. The van der Waals surface area contributed by atoms with Gasteiger partial charge in [0.25, 0.3) is 0 Å². The van der Waals surface area contributed by atoms with Gasteiger partial charge in [0, 0.05) is 16.9 Å². The number of nitrogens with zero attached hydrogens (tertiary/aromatic N) is 1. The van der Waals surface area contributed by atoms with Gasteiger partial charge in [0.1, 0.15) is 0 Å². The third-order valence-electron chi connectivity index (χ3n) is 12.9. The molecule has 1 saturated carbocycles. The van der Waals surface area contributed by atoms with Gasteiger partial charge in [-0.25, -0.2) is 0 Å². The Kier molecular flexibility index (Phi) is 9.10. The monoisotopic (exact) mass is 735 g/mol. The second-order valence-electron chi connectivity index (χ2n) is 16.5. The highest BCUT2D eigenvalue weighted by Crippen LogP contribution is 2.57. The maximum Gasteiger partial charge on any atom is 0.0714 e. The van der Waals surface area contributed by atoms with E-state index in [2.05, 4.69) is 207 Å². The van der Waals surface area contributed by atoms with Gasteiger partial charge >= 0.3 is 0 Å². The van der Waals surface area contributed by atoms with Gasteiger partial charge in [0.05, 0.1) is 11.1 Å². The van der Waals surface area contributed by atoms with E-state index >= 15 is 0 Å². The van der Waals surface area contributed by atoms with Gasteiger partial charge in [-0.1, -0.05) is 185 Å². The minimum absolute atomic E-state index is 0.374. The molecule has 8 aromatic rings. The average Bonchev–Trinajstić information content (AvgIpc) is 3.57. The predicted octanol–water partition coefficient (Wildman–Crippen LogP) is 15.5. The largest absolute Gasteiger partial charge is 0.310 e. The highest BCUT2D eigenvalue weighted by molar-refractivity contribution is 5.99. The summed E-state index contributed by atoms with van der Waals surface area (Å²) in [5, 5.41) is 2.49. The zero-order chi connectivity index (χ0) is 38.3. The molecular formula is C56H49N. The third-order valence-corrected chi connectivity index (χ3v) is 12.9. The Labute approximate surface area is 338 Å². The van der Waals surface area contributed by atoms with Crippen LogP contribution >= 0.6 is 0 Å². The molecule has 1 fully saturated rings. The topological polar surface area (TPSA) is 3.24 Å². The maximum atomic E-state index is 2.58. The minimum Gasteiger partial charge on any atom is -0.310 e. The molecule has 1 heteroatoms. The van der Waals surface area contributed by atoms with Crippen LogP contribution in [0.3, 0.4) is 0 Å². The first-order valence-corrected chi connectivity index (χ1v) is 21.0. The van der Waals surface area contributed by atoms with Gasteiger partial charge < -0.3 is 4.90 Å². The highest BCUT2D eigenvalue weighted by Gasteiger charge is 2.46. The van der Waals surface area contributed by atoms with Crippen LogP contribution in [0.4, 0.5) is 17.1 Å². The lowest BCUT2D eigenvalue weighted by molar-refractivity contribution is 0.443. The molecule has 0 saturated heterocycles. The van der Waals surface area contributed by atoms with Crippen molar-refractivity contribution in [2.45, 2.75) is 63.2 Å². The molecule has 0 unspecified atom stereocenters. The van der Waals surface area contributed by atoms with Crippen molar-refractivity contribution in [3.8, 4) is 22.3 Å². The molecule has 0 atom stereocenters. The molecule has 0 amide bonds. The van der Waals surface area contributed by atoms with Crippen molar-refractivity contribution in [1.82, 2.24) is 0 Å². The van der Waals surface area contributed by atoms with Gasteiger partial charge in [-0.2, -0.15) is 0 Å². The van der Waals surface area contributed by atoms with Crippen LogP contribution in [0.5, 0.6) is 0 Å². The SMILES string of the molecule is CC(C)c1ccccc1-c1cc2ccccc2cc1N(c1cccc(C2CCCCC2)c1)c1ccc2c(c1)C(c1ccccc1)(c1ccccc1)c1ccccc1-2. The molecular weight excluding hydrogens is 687 g/mol. The van der Waals surface area contributed by atoms with E-state index in [-0.39, 0.29) is 0 Å². The van der Waals surface area contributed by atoms with E-state index in [1.165, 1.54) is 110 Å². The summed E-state index contributed by atoms with van der Waals surface area (Å²) in [5.74, 6) is 0.969. The Morgan fingerprint density at radius 2 is 1.05 bits per heavy atom. The zero-order valence-electron chi connectivity index (χ0n) is 33.0. The smallest absolute Gasteiger partial charge is 0.0714 e. The fourth-order valence-electron chi connectivity index (χ4n) is 10.2. The molecule has 0 aliphatic heterocycles. The Bertz CT molecular complexity index is 2660. The molecule has 8 aromatic carbocycles. The van der Waals surface area contributed by atoms with Crippen molar-refractivity contribution in [3.63, 3.8) is 0 Å². The Hall–Kier alpha value is -6.18. The Morgan fingerprint density at radius 3 is 1.77 bits per heavy atom. The molecule has 0 spiro atoms. The van der Waals surface area contributed by atoms with E-state index in [9.17, 15) is 0 Å². The summed E-state index contributed by atoms with van der Waals surface area (Å²) in [6, 6.07) is 71.0. The van der Waals surface area contributed by atoms with E-state index in [1.807, 2.05) is 0 Å². The number of hydrogen-bond acceptors (Lipinski definition) is 1. The van der Waals surface area contributed by atoms with Crippen LogP contribution in [0.2, 0.25) is 0 Å². The van der Waals surface area contributed by atoms with Crippen molar-refractivity contribution in [1.29, 1.82) is 0 Å². The van der Waals surface area contributed by atoms with Gasteiger partial charge in [-0.15, -0.1) is 0 Å². The molecule has 0 heterocycles. The summed E-state index contributed by atoms with van der Waals surface area (Å²) in [5.41, 5.74) is 16.2. The second kappa shape index (κ2) is 14.7. The number of fused-ring (bicyclic) bond motifs is 4. The van der Waals surface area contributed by atoms with Gasteiger partial charge in [-0.3, -0.25) is 0 Å². The zero-order valence-corrected chi connectivity index (χ0v) is 33.0. The number of anilines is 3. The van der Waals surface area contributed by atoms with Crippen LogP contribution in [-0.2, 0) is 5.41 Å². The maximum absolute atomic E-state index is 2.58. The first-order valence-electron chi connectivity index (χ1n) is 21.0. The normalized spacial score (nSPS) is 14.7. The third kappa shape index (κ3) is 6.00. The fourth-order valence-corrected chi connectivity index (χ4v) is 10.2. The van der Waals surface area contributed by atoms with Crippen LogP contribution < -0.4 is 4.90 Å². The van der Waals surface area contributed by atoms with Crippen LogP contribution in [0, 0.1) is 0 Å². The molecule has 57 heavy (non-hydrogen) atoms. The first-order chi connectivity index (χ1) is 28.1. The van der Waals surface area contributed by atoms with E-state index in [0.717, 1.165) is 5.69 Å². The van der Waals surface area contributed by atoms with Gasteiger partial charge in [0.2, 0.25) is 0 Å². The molecule has 10 rings (SSSR count). The summed E-state index contributed by atoms with van der Waals surface area (Å²) < 4.78 is 0. The number of benzene rings is 8. The van der Waals surface area contributed by atoms with Crippen molar-refractivity contribution >= 4 is 27.8 Å². The van der Waals surface area contributed by atoms with Gasteiger partial charge in [-0.05, 0) is 122 Å². The van der Waals surface area contributed by atoms with Crippen LogP contribution in [0.1, 0.15) is 91.2 Å². The van der Waals surface area contributed by atoms with Crippen molar-refractivity contribution in [3.05, 3.63) is 221 Å². The summed E-state index contributed by atoms with van der Waals surface area (Å²) in [4.78, 5) is 2.58. The molecule has 0 aromatic heterocycles. The molecule has 0 radical (unpaired) electrons. The van der Waals surface area contributed by atoms with E-state index in [4.69, 9.17) is 0 Å². The van der Waals surface area contributed by atoms with E-state index < -0.39 is 5.41 Å². The Morgan fingerprint density at radius 1 is 0.456 bits per heavy atom. The Balaban J connectivity index is 1.28. The lowest BCUT2D eigenvalue weighted by Crippen LogP contribution is -2.28. The van der Waals surface area contributed by atoms with Crippen LogP contribution in [0.15, 0.2) is 188 Å². The molecule has 0 bridgehead atoms. The lowest BCUT2D eigenvalue weighted by Gasteiger charge is -2.35. The summed E-state index contributed by atoms with van der Waals surface area (Å²) in [6.45, 7) is 4.63. The van der Waals surface area contributed by atoms with E-state index in [1.54, 1.807) is 0 Å². The van der Waals surface area contributed by atoms with E-state index in [0.29, 0.717) is 11.8 Å². The summed E-state index contributed by atoms with van der Waals surface area (Å²) >= 11 is 0. The molecule has 278 valence electrons. The fraction of sp³-hybridized carbons (Fsp3) is 0.179. The number of rotatable bonds is 8. The van der Waals surface area contributed by atoms with Gasteiger partial charge in [0.15, 0.2) is 0 Å².